The van der Waals surface area contributed by atoms with Gasteiger partial charge in [-0.15, -0.1) is 0 Å². The number of allylic oxidation sites excluding steroid dienone is 1. The van der Waals surface area contributed by atoms with E-state index in [2.05, 4.69) is 31.3 Å². The van der Waals surface area contributed by atoms with Crippen molar-refractivity contribution >= 4 is 11.5 Å². The third kappa shape index (κ3) is 3.36. The van der Waals surface area contributed by atoms with Crippen LogP contribution in [-0.4, -0.2) is 16.4 Å². The first-order chi connectivity index (χ1) is 13.5. The van der Waals surface area contributed by atoms with E-state index >= 15 is 0 Å². The van der Waals surface area contributed by atoms with Gasteiger partial charge in [0.25, 0.3) is 0 Å². The van der Waals surface area contributed by atoms with Gasteiger partial charge in [-0.3, -0.25) is 4.79 Å². The van der Waals surface area contributed by atoms with Gasteiger partial charge in [-0.05, 0) is 108 Å². The van der Waals surface area contributed by atoms with Gasteiger partial charge in [0.15, 0.2) is 5.78 Å². The third-order valence-corrected chi connectivity index (χ3v) is 8.05. The predicted molar refractivity (Wildman–Crippen MR) is 116 cm³/mol. The Balaban J connectivity index is 1.53. The van der Waals surface area contributed by atoms with Gasteiger partial charge < -0.3 is 10.4 Å². The Labute approximate surface area is 175 Å². The Hall–Kier alpha value is -1.61. The van der Waals surface area contributed by atoms with E-state index in [0.717, 1.165) is 60.3 Å². The molecule has 2 N–H and O–H groups in total. The number of carbonyl (C=O) groups excluding carboxylic acids is 1. The molecule has 4 aliphatic carbocycles. The molecule has 0 saturated heterocycles. The second-order valence-corrected chi connectivity index (χ2v) is 11.7. The average molecular weight is 394 g/mol. The Morgan fingerprint density at radius 1 is 1.10 bits per heavy atom. The van der Waals surface area contributed by atoms with E-state index in [1.54, 1.807) is 0 Å². The first kappa shape index (κ1) is 19.4. The van der Waals surface area contributed by atoms with Crippen LogP contribution in [0.15, 0.2) is 24.3 Å². The minimum absolute atomic E-state index is 0.0865. The van der Waals surface area contributed by atoms with Crippen molar-refractivity contribution in [1.29, 1.82) is 0 Å². The normalized spacial score (nSPS) is 36.0. The number of hydrogen-bond donors (Lipinski definition) is 2. The molecule has 29 heavy (non-hydrogen) atoms. The summed E-state index contributed by atoms with van der Waals surface area (Å²) >= 11 is 0. The number of ketones is 1. The molecule has 6 rings (SSSR count). The number of fused-ring (bicyclic) bond motifs is 1. The van der Waals surface area contributed by atoms with Gasteiger partial charge in [-0.1, -0.05) is 12.1 Å². The zero-order valence-corrected chi connectivity index (χ0v) is 18.3. The molecule has 3 heteroatoms. The molecule has 4 saturated carbocycles. The minimum atomic E-state index is -0.892. The smallest absolute Gasteiger partial charge is 0.163 e. The molecule has 0 aromatic heterocycles. The summed E-state index contributed by atoms with van der Waals surface area (Å²) < 4.78 is 0. The SMILES string of the molecule is CC1(C)Cc2ccc(C(C)(C)O)cc2/C(=C\C(=O)C23CC4CC(CC(C4)C2)C3)N1. The second kappa shape index (κ2) is 6.20. The van der Waals surface area contributed by atoms with Crippen LogP contribution in [0.3, 0.4) is 0 Å². The molecule has 0 amide bonds. The largest absolute Gasteiger partial charge is 0.386 e. The van der Waals surface area contributed by atoms with E-state index < -0.39 is 5.60 Å². The molecule has 156 valence electrons. The van der Waals surface area contributed by atoms with E-state index in [9.17, 15) is 9.90 Å². The summed E-state index contributed by atoms with van der Waals surface area (Å²) in [7, 11) is 0. The molecular formula is C26H35NO2. The van der Waals surface area contributed by atoms with Crippen molar-refractivity contribution in [2.24, 2.45) is 23.2 Å². The number of nitrogens with one attached hydrogen (secondary N) is 1. The van der Waals surface area contributed by atoms with Crippen LogP contribution < -0.4 is 5.32 Å². The molecule has 0 spiro atoms. The fraction of sp³-hybridized carbons (Fsp3) is 0.654. The Bertz CT molecular complexity index is 851. The molecule has 1 aliphatic heterocycles. The predicted octanol–water partition coefficient (Wildman–Crippen LogP) is 4.96. The Kier molecular flexibility index (Phi) is 4.14. The maximum atomic E-state index is 13.7. The molecule has 0 atom stereocenters. The average Bonchev–Trinajstić information content (AvgIpc) is 2.58. The number of carbonyl (C=O) groups is 1. The highest BCUT2D eigenvalue weighted by Gasteiger charge is 2.54. The van der Waals surface area contributed by atoms with Crippen molar-refractivity contribution in [3.05, 3.63) is 41.0 Å². The minimum Gasteiger partial charge on any atom is -0.386 e. The number of rotatable bonds is 3. The van der Waals surface area contributed by atoms with Crippen LogP contribution in [0.25, 0.3) is 5.70 Å². The Morgan fingerprint density at radius 3 is 2.24 bits per heavy atom. The van der Waals surface area contributed by atoms with Crippen LogP contribution >= 0.6 is 0 Å². The van der Waals surface area contributed by atoms with Gasteiger partial charge in [0.05, 0.1) is 5.60 Å². The first-order valence-corrected chi connectivity index (χ1v) is 11.4. The van der Waals surface area contributed by atoms with E-state index in [-0.39, 0.29) is 11.0 Å². The molecular weight excluding hydrogens is 358 g/mol. The van der Waals surface area contributed by atoms with Crippen LogP contribution in [0.1, 0.15) is 82.9 Å². The lowest BCUT2D eigenvalue weighted by Gasteiger charge is -2.55. The summed E-state index contributed by atoms with van der Waals surface area (Å²) in [6, 6.07) is 6.24. The third-order valence-electron chi connectivity index (χ3n) is 8.05. The molecule has 1 heterocycles. The van der Waals surface area contributed by atoms with Crippen LogP contribution in [0.4, 0.5) is 0 Å². The number of hydrogen-bond acceptors (Lipinski definition) is 3. The zero-order valence-electron chi connectivity index (χ0n) is 18.3. The molecule has 3 nitrogen and oxygen atoms in total. The Morgan fingerprint density at radius 2 is 1.69 bits per heavy atom. The highest BCUT2D eigenvalue weighted by atomic mass is 16.3. The van der Waals surface area contributed by atoms with Gasteiger partial charge in [-0.25, -0.2) is 0 Å². The fourth-order valence-electron chi connectivity index (χ4n) is 7.12. The van der Waals surface area contributed by atoms with E-state index in [1.165, 1.54) is 24.8 Å². The fourth-order valence-corrected chi connectivity index (χ4v) is 7.12. The summed E-state index contributed by atoms with van der Waals surface area (Å²) in [5, 5.41) is 14.2. The summed E-state index contributed by atoms with van der Waals surface area (Å²) in [6.45, 7) is 8.03. The topological polar surface area (TPSA) is 49.3 Å². The van der Waals surface area contributed by atoms with Crippen LogP contribution in [-0.2, 0) is 16.8 Å². The lowest BCUT2D eigenvalue weighted by Crippen LogP contribution is -2.50. The highest BCUT2D eigenvalue weighted by molar-refractivity contribution is 6.01. The maximum Gasteiger partial charge on any atom is 0.163 e. The molecule has 5 aliphatic rings. The van der Waals surface area contributed by atoms with Gasteiger partial charge in [0, 0.05) is 28.3 Å². The molecule has 0 unspecified atom stereocenters. The summed E-state index contributed by atoms with van der Waals surface area (Å²) in [4.78, 5) is 13.7. The van der Waals surface area contributed by atoms with Gasteiger partial charge >= 0.3 is 0 Å². The van der Waals surface area contributed by atoms with Gasteiger partial charge in [0.2, 0.25) is 0 Å². The van der Waals surface area contributed by atoms with Crippen molar-refractivity contribution in [3.8, 4) is 0 Å². The second-order valence-electron chi connectivity index (χ2n) is 11.7. The number of aliphatic hydroxyl groups is 1. The first-order valence-electron chi connectivity index (χ1n) is 11.4. The standard InChI is InChI=1S/C26H35NO2/c1-24(2)15-19-5-6-20(25(3,4)29)10-21(19)22(27-24)11-23(28)26-12-16-7-17(13-26)9-18(8-16)14-26/h5-6,10-11,16-18,27,29H,7-9,12-15H2,1-4H3/b22-11+. The van der Waals surface area contributed by atoms with Crippen molar-refractivity contribution in [2.45, 2.75) is 83.8 Å². The summed E-state index contributed by atoms with van der Waals surface area (Å²) in [5.74, 6) is 2.66. The monoisotopic (exact) mass is 393 g/mol. The van der Waals surface area contributed by atoms with Crippen LogP contribution in [0, 0.1) is 23.2 Å². The lowest BCUT2D eigenvalue weighted by molar-refractivity contribution is -0.138. The summed E-state index contributed by atoms with van der Waals surface area (Å²) in [6.07, 6.45) is 10.2. The van der Waals surface area contributed by atoms with Crippen molar-refractivity contribution < 1.29 is 9.90 Å². The molecule has 0 radical (unpaired) electrons. The molecule has 1 aromatic carbocycles. The zero-order chi connectivity index (χ0) is 20.6. The molecule has 1 aromatic rings. The van der Waals surface area contributed by atoms with Crippen molar-refractivity contribution in [3.63, 3.8) is 0 Å². The number of benzene rings is 1. The summed E-state index contributed by atoms with van der Waals surface area (Å²) in [5.41, 5.74) is 3.09. The van der Waals surface area contributed by atoms with Crippen molar-refractivity contribution in [2.75, 3.05) is 0 Å². The van der Waals surface area contributed by atoms with Crippen molar-refractivity contribution in [1.82, 2.24) is 5.32 Å². The van der Waals surface area contributed by atoms with E-state index in [0.29, 0.717) is 5.78 Å². The highest BCUT2D eigenvalue weighted by Crippen LogP contribution is 2.60. The maximum absolute atomic E-state index is 13.7. The van der Waals surface area contributed by atoms with Crippen LogP contribution in [0.2, 0.25) is 0 Å². The quantitative estimate of drug-likeness (QED) is 0.713. The van der Waals surface area contributed by atoms with E-state index in [4.69, 9.17) is 0 Å². The lowest BCUT2D eigenvalue weighted by atomic mass is 9.48. The van der Waals surface area contributed by atoms with Gasteiger partial charge in [-0.2, -0.15) is 0 Å². The van der Waals surface area contributed by atoms with E-state index in [1.807, 2.05) is 26.0 Å². The molecule has 4 fully saturated rings. The van der Waals surface area contributed by atoms with Crippen LogP contribution in [0.5, 0.6) is 0 Å². The van der Waals surface area contributed by atoms with Gasteiger partial charge in [0.1, 0.15) is 0 Å². The molecule has 4 bridgehead atoms.